The zero-order valence-corrected chi connectivity index (χ0v) is 21.0. The van der Waals surface area contributed by atoms with Crippen LogP contribution in [-0.2, 0) is 11.3 Å². The molecular weight excluding hydrogens is 439 g/mol. The zero-order valence-electron chi connectivity index (χ0n) is 18.1. The predicted molar refractivity (Wildman–Crippen MR) is 120 cm³/mol. The van der Waals surface area contributed by atoms with Crippen LogP contribution in [0.2, 0.25) is 13.3 Å². The molecule has 0 aliphatic rings. The minimum absolute atomic E-state index is 0.654. The third-order valence-electron chi connectivity index (χ3n) is 5.18. The van der Waals surface area contributed by atoms with Gasteiger partial charge in [0.05, 0.1) is 0 Å². The van der Waals surface area contributed by atoms with Crippen LogP contribution in [0.3, 0.4) is 0 Å². The van der Waals surface area contributed by atoms with Crippen LogP contribution in [0.1, 0.15) is 71.3 Å². The molecule has 152 valence electrons. The Kier molecular flexibility index (Phi) is 13.8. The SMILES string of the molecule is CCC[CH2][Sn]([C]#CCCOCc1ccc(OC)cc1)([CH2]CCC)[CH2]CCC. The maximum atomic E-state index is 5.83. The maximum absolute atomic E-state index is 5.83. The first-order valence-electron chi connectivity index (χ1n) is 10.9. The molecular formula is C24H40O2Sn. The summed E-state index contributed by atoms with van der Waals surface area (Å²) in [5.41, 5.74) is 1.19. The minimum atomic E-state index is -2.27. The van der Waals surface area contributed by atoms with Crippen LogP contribution in [-0.4, -0.2) is 32.1 Å². The van der Waals surface area contributed by atoms with E-state index in [0.717, 1.165) is 18.8 Å². The standard InChI is InChI=1S/C12H13O2.3C4H9.Sn/c1-3-4-9-14-10-11-5-7-12(13-2)8-6-11;3*1-3-4-2;/h5-8H,4,9-10H2,2H3;3*1,3-4H2,2H3;. The summed E-state index contributed by atoms with van der Waals surface area (Å²) in [5, 5.41) is 0. The van der Waals surface area contributed by atoms with Gasteiger partial charge < -0.3 is 0 Å². The molecule has 0 heterocycles. The zero-order chi connectivity index (χ0) is 19.8. The van der Waals surface area contributed by atoms with Crippen molar-refractivity contribution in [3.63, 3.8) is 0 Å². The average molecular weight is 479 g/mol. The molecule has 3 heteroatoms. The van der Waals surface area contributed by atoms with Crippen molar-refractivity contribution >= 4 is 18.4 Å². The number of unbranched alkanes of at least 4 members (excludes halogenated alkanes) is 3. The normalized spacial score (nSPS) is 11.1. The Morgan fingerprint density at radius 1 is 0.852 bits per heavy atom. The summed E-state index contributed by atoms with van der Waals surface area (Å²) in [5.74, 6) is 4.44. The third kappa shape index (κ3) is 10.5. The number of rotatable bonds is 14. The van der Waals surface area contributed by atoms with E-state index in [1.807, 2.05) is 12.1 Å². The van der Waals surface area contributed by atoms with E-state index in [4.69, 9.17) is 9.47 Å². The van der Waals surface area contributed by atoms with Crippen LogP contribution in [0.4, 0.5) is 0 Å². The molecule has 0 aliphatic carbocycles. The summed E-state index contributed by atoms with van der Waals surface area (Å²) < 4.78 is 19.3. The molecule has 0 N–H and O–H groups in total. The quantitative estimate of drug-likeness (QED) is 0.163. The van der Waals surface area contributed by atoms with Crippen LogP contribution in [0, 0.1) is 9.86 Å². The average Bonchev–Trinajstić information content (AvgIpc) is 2.71. The molecule has 0 amide bonds. The van der Waals surface area contributed by atoms with Gasteiger partial charge in [-0.2, -0.15) is 0 Å². The van der Waals surface area contributed by atoms with E-state index in [1.165, 1.54) is 57.4 Å². The molecule has 0 bridgehead atoms. The number of methoxy groups -OCH3 is 1. The molecule has 0 aromatic heterocycles. The van der Waals surface area contributed by atoms with Crippen molar-refractivity contribution < 1.29 is 9.47 Å². The van der Waals surface area contributed by atoms with Crippen LogP contribution in [0.5, 0.6) is 5.75 Å². The van der Waals surface area contributed by atoms with Gasteiger partial charge in [-0.05, 0) is 0 Å². The molecule has 0 spiro atoms. The molecule has 0 fully saturated rings. The molecule has 2 nitrogen and oxygen atoms in total. The molecule has 27 heavy (non-hydrogen) atoms. The van der Waals surface area contributed by atoms with Gasteiger partial charge >= 0.3 is 173 Å². The summed E-state index contributed by atoms with van der Waals surface area (Å²) >= 11 is -2.27. The van der Waals surface area contributed by atoms with Gasteiger partial charge in [-0.25, -0.2) is 0 Å². The van der Waals surface area contributed by atoms with Gasteiger partial charge in [-0.15, -0.1) is 0 Å². The molecule has 0 atom stereocenters. The van der Waals surface area contributed by atoms with Crippen molar-refractivity contribution in [3.05, 3.63) is 29.8 Å². The molecule has 0 unspecified atom stereocenters. The Balaban J connectivity index is 2.52. The predicted octanol–water partition coefficient (Wildman–Crippen LogP) is 6.99. The van der Waals surface area contributed by atoms with Crippen LogP contribution >= 0.6 is 0 Å². The summed E-state index contributed by atoms with van der Waals surface area (Å²) in [6, 6.07) is 8.09. The van der Waals surface area contributed by atoms with Gasteiger partial charge in [0.2, 0.25) is 0 Å². The van der Waals surface area contributed by atoms with E-state index in [0.29, 0.717) is 6.61 Å². The molecule has 0 saturated carbocycles. The first-order chi connectivity index (χ1) is 13.2. The van der Waals surface area contributed by atoms with Gasteiger partial charge in [-0.1, -0.05) is 0 Å². The van der Waals surface area contributed by atoms with E-state index < -0.39 is 18.4 Å². The van der Waals surface area contributed by atoms with Gasteiger partial charge in [0.1, 0.15) is 0 Å². The van der Waals surface area contributed by atoms with Crippen molar-refractivity contribution in [1.82, 2.24) is 0 Å². The van der Waals surface area contributed by atoms with Gasteiger partial charge in [0.15, 0.2) is 0 Å². The summed E-state index contributed by atoms with van der Waals surface area (Å²) in [6.07, 6.45) is 8.94. The Labute approximate surface area is 172 Å². The second-order valence-electron chi connectivity index (χ2n) is 7.54. The second kappa shape index (κ2) is 15.3. The fourth-order valence-electron chi connectivity index (χ4n) is 3.39. The van der Waals surface area contributed by atoms with Crippen molar-refractivity contribution in [3.8, 4) is 15.6 Å². The van der Waals surface area contributed by atoms with Crippen molar-refractivity contribution in [2.24, 2.45) is 0 Å². The Hall–Kier alpha value is -0.661. The summed E-state index contributed by atoms with van der Waals surface area (Å²) in [4.78, 5) is 0. The first-order valence-corrected chi connectivity index (χ1v) is 18.4. The summed E-state index contributed by atoms with van der Waals surface area (Å²) in [6.45, 7) is 8.34. The number of benzene rings is 1. The molecule has 0 aliphatic heterocycles. The van der Waals surface area contributed by atoms with Crippen molar-refractivity contribution in [1.29, 1.82) is 0 Å². The van der Waals surface area contributed by atoms with E-state index in [9.17, 15) is 0 Å². The molecule has 1 aromatic rings. The molecule has 1 rings (SSSR count). The molecule has 0 radical (unpaired) electrons. The molecule has 1 aromatic carbocycles. The molecule has 0 saturated heterocycles. The van der Waals surface area contributed by atoms with E-state index in [-0.39, 0.29) is 0 Å². The van der Waals surface area contributed by atoms with Crippen molar-refractivity contribution in [2.75, 3.05) is 13.7 Å². The third-order valence-corrected chi connectivity index (χ3v) is 18.4. The van der Waals surface area contributed by atoms with Gasteiger partial charge in [0.25, 0.3) is 0 Å². The Morgan fingerprint density at radius 3 is 1.89 bits per heavy atom. The van der Waals surface area contributed by atoms with E-state index >= 15 is 0 Å². The van der Waals surface area contributed by atoms with Gasteiger partial charge in [-0.3, -0.25) is 0 Å². The van der Waals surface area contributed by atoms with Crippen LogP contribution in [0.15, 0.2) is 24.3 Å². The second-order valence-corrected chi connectivity index (χ2v) is 19.8. The first kappa shape index (κ1) is 24.4. The van der Waals surface area contributed by atoms with E-state index in [1.54, 1.807) is 7.11 Å². The van der Waals surface area contributed by atoms with Crippen molar-refractivity contribution in [2.45, 2.75) is 85.6 Å². The summed E-state index contributed by atoms with van der Waals surface area (Å²) in [7, 11) is 1.69. The number of hydrogen-bond donors (Lipinski definition) is 0. The monoisotopic (exact) mass is 480 g/mol. The van der Waals surface area contributed by atoms with Gasteiger partial charge in [0, 0.05) is 0 Å². The Bertz CT molecular complexity index is 520. The number of hydrogen-bond acceptors (Lipinski definition) is 2. The topological polar surface area (TPSA) is 18.5 Å². The fourth-order valence-corrected chi connectivity index (χ4v) is 16.9. The fraction of sp³-hybridized carbons (Fsp3) is 0.667. The van der Waals surface area contributed by atoms with E-state index in [2.05, 4.69) is 42.8 Å². The van der Waals surface area contributed by atoms with Crippen LogP contribution in [0.25, 0.3) is 0 Å². The van der Waals surface area contributed by atoms with Crippen LogP contribution < -0.4 is 4.74 Å². The Morgan fingerprint density at radius 2 is 1.41 bits per heavy atom. The number of ether oxygens (including phenoxy) is 2.